The van der Waals surface area contributed by atoms with E-state index in [9.17, 15) is 0 Å². The molecule has 0 N–H and O–H groups in total. The Balaban J connectivity index is 2.13. The molecule has 0 heteroatoms. The lowest BCUT2D eigenvalue weighted by Gasteiger charge is -2.07. The average Bonchev–Trinajstić information content (AvgIpc) is 2.46. The molecular weight excluding hydrogens is 228 g/mol. The molecule has 0 unspecified atom stereocenters. The Labute approximate surface area is 119 Å². The minimum atomic E-state index is 1.08. The predicted molar refractivity (Wildman–Crippen MR) is 85.3 cm³/mol. The van der Waals surface area contributed by atoms with Gasteiger partial charge in [0.15, 0.2) is 0 Å². The van der Waals surface area contributed by atoms with Crippen molar-refractivity contribution in [1.29, 1.82) is 0 Å². The van der Waals surface area contributed by atoms with Gasteiger partial charge in [0, 0.05) is 0 Å². The van der Waals surface area contributed by atoms with Gasteiger partial charge in [0.25, 0.3) is 0 Å². The molecule has 0 bridgehead atoms. The highest BCUT2D eigenvalue weighted by Gasteiger charge is 1.99. The van der Waals surface area contributed by atoms with Crippen LogP contribution in [0.3, 0.4) is 0 Å². The van der Waals surface area contributed by atoms with Crippen molar-refractivity contribution in [1.82, 2.24) is 0 Å². The third-order valence-electron chi connectivity index (χ3n) is 3.70. The van der Waals surface area contributed by atoms with E-state index in [2.05, 4.69) is 38.1 Å². The molecule has 0 aliphatic rings. The maximum absolute atomic E-state index is 3.32. The fourth-order valence-electron chi connectivity index (χ4n) is 2.43. The van der Waals surface area contributed by atoms with Gasteiger partial charge < -0.3 is 0 Å². The summed E-state index contributed by atoms with van der Waals surface area (Å²) in [6.07, 6.45) is 14.4. The molecule has 1 radical (unpaired) electrons. The minimum absolute atomic E-state index is 1.08. The largest absolute Gasteiger partial charge is 0.0881 e. The normalized spacial score (nSPS) is 11.8. The molecule has 0 nitrogen and oxygen atoms in total. The van der Waals surface area contributed by atoms with Gasteiger partial charge in [-0.3, -0.25) is 0 Å². The fourth-order valence-corrected chi connectivity index (χ4v) is 2.43. The molecule has 0 saturated heterocycles. The molecule has 0 atom stereocenters. The van der Waals surface area contributed by atoms with Crippen LogP contribution in [0, 0.1) is 6.07 Å². The van der Waals surface area contributed by atoms with Crippen LogP contribution in [0.5, 0.6) is 0 Å². The fraction of sp³-hybridized carbons (Fsp3) is 0.579. The molecule has 0 saturated carbocycles. The van der Waals surface area contributed by atoms with Crippen LogP contribution >= 0.6 is 0 Å². The van der Waals surface area contributed by atoms with Crippen LogP contribution in [0.4, 0.5) is 0 Å². The SMILES string of the molecule is C/C=C(\CCCCCCCCC)Cc1[c]cccc1. The highest BCUT2D eigenvalue weighted by molar-refractivity contribution is 5.20. The average molecular weight is 257 g/mol. The number of unbranched alkanes of at least 4 members (excludes halogenated alkanes) is 6. The summed E-state index contributed by atoms with van der Waals surface area (Å²) in [7, 11) is 0. The number of allylic oxidation sites excluding steroid dienone is 2. The molecule has 0 heterocycles. The zero-order valence-electron chi connectivity index (χ0n) is 12.8. The van der Waals surface area contributed by atoms with Crippen LogP contribution in [0.2, 0.25) is 0 Å². The molecule has 1 rings (SSSR count). The summed E-state index contributed by atoms with van der Waals surface area (Å²) in [6, 6.07) is 11.6. The van der Waals surface area contributed by atoms with E-state index in [1.54, 1.807) is 5.57 Å². The van der Waals surface area contributed by atoms with Gasteiger partial charge >= 0.3 is 0 Å². The van der Waals surface area contributed by atoms with Crippen molar-refractivity contribution >= 4 is 0 Å². The van der Waals surface area contributed by atoms with E-state index < -0.39 is 0 Å². The van der Waals surface area contributed by atoms with Crippen LogP contribution in [0.15, 0.2) is 35.9 Å². The zero-order chi connectivity index (χ0) is 13.8. The van der Waals surface area contributed by atoms with Crippen LogP contribution in [-0.2, 0) is 6.42 Å². The molecule has 0 aliphatic carbocycles. The Kier molecular flexibility index (Phi) is 9.14. The number of benzene rings is 1. The smallest absolute Gasteiger partial charge is 0.00611 e. The minimum Gasteiger partial charge on any atom is -0.0881 e. The molecule has 0 fully saturated rings. The van der Waals surface area contributed by atoms with Crippen LogP contribution < -0.4 is 0 Å². The van der Waals surface area contributed by atoms with Gasteiger partial charge in [0.2, 0.25) is 0 Å². The summed E-state index contributed by atoms with van der Waals surface area (Å²) in [5, 5.41) is 0. The van der Waals surface area contributed by atoms with Crippen molar-refractivity contribution in [3.05, 3.63) is 47.5 Å². The van der Waals surface area contributed by atoms with Gasteiger partial charge in [-0.2, -0.15) is 0 Å². The first-order valence-electron chi connectivity index (χ1n) is 7.96. The maximum Gasteiger partial charge on any atom is -0.00611 e. The van der Waals surface area contributed by atoms with Crippen molar-refractivity contribution in [2.24, 2.45) is 0 Å². The topological polar surface area (TPSA) is 0 Å². The van der Waals surface area contributed by atoms with E-state index in [0.717, 1.165) is 6.42 Å². The molecular formula is C19H29. The van der Waals surface area contributed by atoms with Gasteiger partial charge in [0.05, 0.1) is 0 Å². The van der Waals surface area contributed by atoms with Gasteiger partial charge in [0.1, 0.15) is 0 Å². The molecule has 1 aromatic rings. The lowest BCUT2D eigenvalue weighted by Crippen LogP contribution is -1.91. The standard InChI is InChI=1S/C19H29/c1-3-5-6-7-8-9-11-14-18(4-2)17-19-15-12-10-13-16-19/h4,10,12-13,15H,3,5-9,11,14,17H2,1-2H3/b18-4+. The van der Waals surface area contributed by atoms with E-state index in [1.165, 1.54) is 56.9 Å². The Morgan fingerprint density at radius 3 is 2.42 bits per heavy atom. The molecule has 0 aliphatic heterocycles. The Morgan fingerprint density at radius 1 is 1.05 bits per heavy atom. The lowest BCUT2D eigenvalue weighted by molar-refractivity contribution is 0.587. The summed E-state index contributed by atoms with van der Waals surface area (Å²) < 4.78 is 0. The molecule has 0 amide bonds. The summed E-state index contributed by atoms with van der Waals surface area (Å²) in [5.41, 5.74) is 2.88. The summed E-state index contributed by atoms with van der Waals surface area (Å²) in [6.45, 7) is 4.44. The maximum atomic E-state index is 3.32. The quantitative estimate of drug-likeness (QED) is 0.350. The first-order valence-corrected chi connectivity index (χ1v) is 7.96. The molecule has 1 aromatic carbocycles. The van der Waals surface area contributed by atoms with Crippen molar-refractivity contribution in [3.63, 3.8) is 0 Å². The van der Waals surface area contributed by atoms with Gasteiger partial charge in [-0.25, -0.2) is 0 Å². The molecule has 105 valence electrons. The number of rotatable bonds is 10. The van der Waals surface area contributed by atoms with Crippen molar-refractivity contribution in [3.8, 4) is 0 Å². The summed E-state index contributed by atoms with van der Waals surface area (Å²) >= 11 is 0. The van der Waals surface area contributed by atoms with Gasteiger partial charge in [-0.15, -0.1) is 0 Å². The van der Waals surface area contributed by atoms with Crippen LogP contribution in [0.25, 0.3) is 0 Å². The third-order valence-corrected chi connectivity index (χ3v) is 3.70. The Morgan fingerprint density at radius 2 is 1.79 bits per heavy atom. The Bertz CT molecular complexity index is 334. The predicted octanol–water partition coefficient (Wildman–Crippen LogP) is 6.12. The molecule has 0 spiro atoms. The van der Waals surface area contributed by atoms with Gasteiger partial charge in [-0.1, -0.05) is 81.4 Å². The lowest BCUT2D eigenvalue weighted by atomic mass is 9.99. The van der Waals surface area contributed by atoms with Gasteiger partial charge in [-0.05, 0) is 37.8 Å². The van der Waals surface area contributed by atoms with Crippen LogP contribution in [0.1, 0.15) is 70.8 Å². The zero-order valence-corrected chi connectivity index (χ0v) is 12.8. The highest BCUT2D eigenvalue weighted by Crippen LogP contribution is 2.16. The number of hydrogen-bond donors (Lipinski definition) is 0. The van der Waals surface area contributed by atoms with Crippen molar-refractivity contribution < 1.29 is 0 Å². The van der Waals surface area contributed by atoms with Crippen molar-refractivity contribution in [2.75, 3.05) is 0 Å². The molecule has 19 heavy (non-hydrogen) atoms. The second-order valence-corrected chi connectivity index (χ2v) is 5.38. The summed E-state index contributed by atoms with van der Waals surface area (Å²) in [4.78, 5) is 0. The van der Waals surface area contributed by atoms with Crippen LogP contribution in [-0.4, -0.2) is 0 Å². The van der Waals surface area contributed by atoms with E-state index in [-0.39, 0.29) is 0 Å². The first kappa shape index (κ1) is 16.0. The van der Waals surface area contributed by atoms with E-state index in [1.807, 2.05) is 12.1 Å². The highest BCUT2D eigenvalue weighted by atomic mass is 14.0. The Hall–Kier alpha value is -1.04. The molecule has 0 aromatic heterocycles. The summed E-state index contributed by atoms with van der Waals surface area (Å²) in [5.74, 6) is 0. The second-order valence-electron chi connectivity index (χ2n) is 5.38. The van der Waals surface area contributed by atoms with E-state index in [0.29, 0.717) is 0 Å². The second kappa shape index (κ2) is 10.8. The number of hydrogen-bond acceptors (Lipinski definition) is 0. The van der Waals surface area contributed by atoms with Crippen molar-refractivity contribution in [2.45, 2.75) is 71.6 Å². The van der Waals surface area contributed by atoms with E-state index >= 15 is 0 Å². The third kappa shape index (κ3) is 7.87. The van der Waals surface area contributed by atoms with E-state index in [4.69, 9.17) is 0 Å². The first-order chi connectivity index (χ1) is 9.36. The monoisotopic (exact) mass is 257 g/mol.